The van der Waals surface area contributed by atoms with Gasteiger partial charge in [-0.3, -0.25) is 0 Å². The molecule has 0 spiro atoms. The Kier molecular flexibility index (Phi) is 5.88. The maximum atomic E-state index is 5.97. The second-order valence-electron chi connectivity index (χ2n) is 5.53. The molecule has 2 aromatic rings. The van der Waals surface area contributed by atoms with Gasteiger partial charge in [-0.15, -0.1) is 0 Å². The molecule has 0 aliphatic carbocycles. The Morgan fingerprint density at radius 1 is 1.19 bits per heavy atom. The number of rotatable bonds is 8. The lowest BCUT2D eigenvalue weighted by Crippen LogP contribution is -2.14. The Balaban J connectivity index is 1.99. The summed E-state index contributed by atoms with van der Waals surface area (Å²) in [6.45, 7) is 8.83. The molecule has 0 saturated carbocycles. The molecule has 0 atom stereocenters. The third-order valence-corrected chi connectivity index (χ3v) is 3.48. The highest BCUT2D eigenvalue weighted by Gasteiger charge is 2.10. The van der Waals surface area contributed by atoms with E-state index in [1.807, 2.05) is 18.2 Å². The van der Waals surface area contributed by atoms with Crippen molar-refractivity contribution in [1.82, 2.24) is 5.32 Å². The van der Waals surface area contributed by atoms with E-state index in [1.54, 1.807) is 6.26 Å². The summed E-state index contributed by atoms with van der Waals surface area (Å²) in [7, 11) is 0. The summed E-state index contributed by atoms with van der Waals surface area (Å²) in [5, 5.41) is 3.39. The predicted octanol–water partition coefficient (Wildman–Crippen LogP) is 4.48. The summed E-state index contributed by atoms with van der Waals surface area (Å²) in [6, 6.07) is 10.2. The standard InChI is InChI=1S/C18H25NO2/c1-4-10-19-12-15-9-11-20-18(15)13-21-17-8-6-5-7-16(17)14(2)3/h5-9,11,14,19H,4,10,12-13H2,1-3H3. The number of furan rings is 1. The van der Waals surface area contributed by atoms with Crippen LogP contribution in [0.3, 0.4) is 0 Å². The SMILES string of the molecule is CCCNCc1ccoc1COc1ccccc1C(C)C. The van der Waals surface area contributed by atoms with Crippen molar-refractivity contribution in [3.63, 3.8) is 0 Å². The zero-order valence-corrected chi connectivity index (χ0v) is 13.2. The third kappa shape index (κ3) is 4.36. The van der Waals surface area contributed by atoms with Crippen molar-refractivity contribution in [3.8, 4) is 5.75 Å². The first-order valence-corrected chi connectivity index (χ1v) is 7.70. The fourth-order valence-electron chi connectivity index (χ4n) is 2.28. The molecule has 1 N–H and O–H groups in total. The minimum atomic E-state index is 0.448. The van der Waals surface area contributed by atoms with Gasteiger partial charge in [-0.25, -0.2) is 0 Å². The van der Waals surface area contributed by atoms with Crippen LogP contribution in [0.5, 0.6) is 5.75 Å². The lowest BCUT2D eigenvalue weighted by Gasteiger charge is -2.13. The zero-order chi connectivity index (χ0) is 15.1. The van der Waals surface area contributed by atoms with Crippen molar-refractivity contribution in [2.45, 2.75) is 46.3 Å². The second-order valence-corrected chi connectivity index (χ2v) is 5.53. The van der Waals surface area contributed by atoms with Crippen LogP contribution in [-0.4, -0.2) is 6.54 Å². The maximum Gasteiger partial charge on any atom is 0.146 e. The lowest BCUT2D eigenvalue weighted by atomic mass is 10.0. The van der Waals surface area contributed by atoms with Crippen LogP contribution in [-0.2, 0) is 13.2 Å². The van der Waals surface area contributed by atoms with Crippen LogP contribution in [0.2, 0.25) is 0 Å². The number of benzene rings is 1. The molecule has 2 rings (SSSR count). The van der Waals surface area contributed by atoms with Gasteiger partial charge in [-0.2, -0.15) is 0 Å². The molecule has 0 aliphatic heterocycles. The lowest BCUT2D eigenvalue weighted by molar-refractivity contribution is 0.265. The molecule has 1 aromatic carbocycles. The fraction of sp³-hybridized carbons (Fsp3) is 0.444. The molecule has 21 heavy (non-hydrogen) atoms. The molecule has 0 aliphatic rings. The van der Waals surface area contributed by atoms with E-state index < -0.39 is 0 Å². The molecule has 0 fully saturated rings. The van der Waals surface area contributed by atoms with Crippen molar-refractivity contribution in [3.05, 3.63) is 53.5 Å². The molecule has 3 nitrogen and oxygen atoms in total. The second kappa shape index (κ2) is 7.89. The van der Waals surface area contributed by atoms with E-state index in [4.69, 9.17) is 9.15 Å². The van der Waals surface area contributed by atoms with Crippen LogP contribution in [0.4, 0.5) is 0 Å². The number of ether oxygens (including phenoxy) is 1. The third-order valence-electron chi connectivity index (χ3n) is 3.48. The Morgan fingerprint density at radius 3 is 2.76 bits per heavy atom. The minimum absolute atomic E-state index is 0.448. The van der Waals surface area contributed by atoms with Crippen molar-refractivity contribution >= 4 is 0 Å². The fourth-order valence-corrected chi connectivity index (χ4v) is 2.28. The van der Waals surface area contributed by atoms with E-state index in [1.165, 1.54) is 11.1 Å². The number of hydrogen-bond donors (Lipinski definition) is 1. The van der Waals surface area contributed by atoms with Gasteiger partial charge >= 0.3 is 0 Å². The van der Waals surface area contributed by atoms with Gasteiger partial charge in [0.2, 0.25) is 0 Å². The molecule has 0 radical (unpaired) electrons. The average Bonchev–Trinajstić information content (AvgIpc) is 2.93. The van der Waals surface area contributed by atoms with Gasteiger partial charge in [0.25, 0.3) is 0 Å². The van der Waals surface area contributed by atoms with Crippen molar-refractivity contribution in [2.75, 3.05) is 6.54 Å². The Morgan fingerprint density at radius 2 is 2.00 bits per heavy atom. The highest BCUT2D eigenvalue weighted by molar-refractivity contribution is 5.35. The summed E-state index contributed by atoms with van der Waals surface area (Å²) < 4.78 is 11.5. The first-order valence-electron chi connectivity index (χ1n) is 7.70. The van der Waals surface area contributed by atoms with Crippen molar-refractivity contribution in [1.29, 1.82) is 0 Å². The van der Waals surface area contributed by atoms with E-state index in [9.17, 15) is 0 Å². The van der Waals surface area contributed by atoms with Gasteiger partial charge < -0.3 is 14.5 Å². The van der Waals surface area contributed by atoms with Crippen LogP contribution < -0.4 is 10.1 Å². The minimum Gasteiger partial charge on any atom is -0.485 e. The van der Waals surface area contributed by atoms with E-state index in [0.29, 0.717) is 12.5 Å². The molecule has 0 amide bonds. The smallest absolute Gasteiger partial charge is 0.146 e. The first-order chi connectivity index (χ1) is 10.2. The summed E-state index contributed by atoms with van der Waals surface area (Å²) >= 11 is 0. The summed E-state index contributed by atoms with van der Waals surface area (Å²) in [5.74, 6) is 2.29. The summed E-state index contributed by atoms with van der Waals surface area (Å²) in [5.41, 5.74) is 2.40. The number of hydrogen-bond acceptors (Lipinski definition) is 3. The summed E-state index contributed by atoms with van der Waals surface area (Å²) in [6.07, 6.45) is 2.86. The van der Waals surface area contributed by atoms with E-state index in [0.717, 1.165) is 31.0 Å². The van der Waals surface area contributed by atoms with Crippen molar-refractivity contribution in [2.24, 2.45) is 0 Å². The highest BCUT2D eigenvalue weighted by atomic mass is 16.5. The molecular formula is C18H25NO2. The highest BCUT2D eigenvalue weighted by Crippen LogP contribution is 2.27. The monoisotopic (exact) mass is 287 g/mol. The molecule has 1 aromatic heterocycles. The van der Waals surface area contributed by atoms with E-state index in [-0.39, 0.29) is 0 Å². The Hall–Kier alpha value is -1.74. The van der Waals surface area contributed by atoms with Gasteiger partial charge in [-0.1, -0.05) is 39.0 Å². The van der Waals surface area contributed by atoms with Gasteiger partial charge in [0.1, 0.15) is 18.1 Å². The van der Waals surface area contributed by atoms with Crippen LogP contribution in [0.1, 0.15) is 50.0 Å². The van der Waals surface area contributed by atoms with Gasteiger partial charge in [-0.05, 0) is 36.6 Å². The molecule has 0 saturated heterocycles. The Bertz CT molecular complexity index is 546. The average molecular weight is 287 g/mol. The van der Waals surface area contributed by atoms with Gasteiger partial charge in [0.05, 0.1) is 6.26 Å². The maximum absolute atomic E-state index is 5.97. The molecule has 114 valence electrons. The topological polar surface area (TPSA) is 34.4 Å². The largest absolute Gasteiger partial charge is 0.485 e. The zero-order valence-electron chi connectivity index (χ0n) is 13.2. The predicted molar refractivity (Wildman–Crippen MR) is 85.6 cm³/mol. The van der Waals surface area contributed by atoms with E-state index >= 15 is 0 Å². The summed E-state index contributed by atoms with van der Waals surface area (Å²) in [4.78, 5) is 0. The first kappa shape index (κ1) is 15.6. The molecule has 3 heteroatoms. The van der Waals surface area contributed by atoms with Crippen LogP contribution in [0, 0.1) is 0 Å². The quantitative estimate of drug-likeness (QED) is 0.727. The normalized spacial score (nSPS) is 11.0. The molecule has 0 unspecified atom stereocenters. The van der Waals surface area contributed by atoms with Crippen LogP contribution in [0.25, 0.3) is 0 Å². The number of para-hydroxylation sites is 1. The number of nitrogens with one attached hydrogen (secondary N) is 1. The van der Waals surface area contributed by atoms with Gasteiger partial charge in [0.15, 0.2) is 0 Å². The van der Waals surface area contributed by atoms with Gasteiger partial charge in [0, 0.05) is 12.1 Å². The van der Waals surface area contributed by atoms with Crippen LogP contribution in [0.15, 0.2) is 41.0 Å². The Labute approximate surface area is 127 Å². The molecule has 0 bridgehead atoms. The van der Waals surface area contributed by atoms with Crippen molar-refractivity contribution < 1.29 is 9.15 Å². The van der Waals surface area contributed by atoms with E-state index in [2.05, 4.69) is 38.2 Å². The van der Waals surface area contributed by atoms with Crippen LogP contribution >= 0.6 is 0 Å². The molecular weight excluding hydrogens is 262 g/mol. The molecule has 1 heterocycles.